The van der Waals surface area contributed by atoms with E-state index < -0.39 is 24.4 Å². The van der Waals surface area contributed by atoms with Gasteiger partial charge in [-0.2, -0.15) is 0 Å². The summed E-state index contributed by atoms with van der Waals surface area (Å²) in [5, 5.41) is 42.2. The zero-order chi connectivity index (χ0) is 27.1. The zero-order valence-corrected chi connectivity index (χ0v) is 26.3. The molecule has 0 aliphatic rings. The molecule has 4 atom stereocenters. The van der Waals surface area contributed by atoms with E-state index in [1.54, 1.807) is 27.7 Å². The van der Waals surface area contributed by atoms with E-state index in [0.29, 0.717) is 0 Å². The van der Waals surface area contributed by atoms with E-state index in [0.717, 1.165) is 25.7 Å². The zero-order valence-electron chi connectivity index (χ0n) is 25.3. The maximum absolute atomic E-state index is 10.5. The Bertz CT molecular complexity index is 324. The van der Waals surface area contributed by atoms with Gasteiger partial charge in [-0.25, -0.2) is 0 Å². The largest absolute Gasteiger partial charge is 4.00 e. The van der Waals surface area contributed by atoms with Crippen LogP contribution in [-0.2, 0) is 0 Å². The normalized spacial score (nSPS) is 15.6. The summed E-state index contributed by atoms with van der Waals surface area (Å²) in [6.07, 6.45) is 1.45. The van der Waals surface area contributed by atoms with Gasteiger partial charge in [-0.3, -0.25) is 0 Å². The van der Waals surface area contributed by atoms with E-state index in [-0.39, 0.29) is 32.6 Å². The van der Waals surface area contributed by atoms with Crippen LogP contribution in [-0.4, -0.2) is 35.4 Å². The molecular weight excluding hydrogens is 428 g/mol. The third-order valence-corrected chi connectivity index (χ3v) is 3.60. The third kappa shape index (κ3) is 72.0. The molecule has 0 aliphatic carbocycles. The van der Waals surface area contributed by atoms with Crippen molar-refractivity contribution in [2.75, 3.05) is 0 Å². The molecule has 33 heavy (non-hydrogen) atoms. The Labute approximate surface area is 214 Å². The molecule has 4 unspecified atom stereocenters. The second kappa shape index (κ2) is 19.3. The van der Waals surface area contributed by atoms with Crippen LogP contribution in [0.25, 0.3) is 0 Å². The van der Waals surface area contributed by atoms with Crippen molar-refractivity contribution in [1.82, 2.24) is 0 Å². The van der Waals surface area contributed by atoms with Gasteiger partial charge in [0.25, 0.3) is 0 Å². The summed E-state index contributed by atoms with van der Waals surface area (Å²) in [5.74, 6) is 0. The monoisotopic (exact) mass is 488 g/mol. The Morgan fingerprint density at radius 1 is 0.364 bits per heavy atom. The second-order valence-corrected chi connectivity index (χ2v) is 14.3. The van der Waals surface area contributed by atoms with Crippen LogP contribution in [0, 0.1) is 21.7 Å². The van der Waals surface area contributed by atoms with Crippen molar-refractivity contribution >= 4 is 11.0 Å². The summed E-state index contributed by atoms with van der Waals surface area (Å²) in [7, 11) is 0. The van der Waals surface area contributed by atoms with Gasteiger partial charge < -0.3 is 20.4 Å². The fourth-order valence-electron chi connectivity index (χ4n) is 3.45. The first-order valence-corrected chi connectivity index (χ1v) is 12.3. The van der Waals surface area contributed by atoms with Crippen LogP contribution in [0.1, 0.15) is 136 Å². The van der Waals surface area contributed by atoms with Crippen molar-refractivity contribution < 1.29 is 20.4 Å². The van der Waals surface area contributed by atoms with Crippen LogP contribution >= 0.6 is 0 Å². The fourth-order valence-corrected chi connectivity index (χ4v) is 3.45. The minimum atomic E-state index is -0.407. The molecule has 0 aromatic rings. The van der Waals surface area contributed by atoms with Gasteiger partial charge in [0.1, 0.15) is 0 Å². The van der Waals surface area contributed by atoms with Crippen LogP contribution in [0.5, 0.6) is 0 Å². The van der Waals surface area contributed by atoms with Gasteiger partial charge >= 0.3 is 11.0 Å². The molecule has 0 radical (unpaired) electrons. The standard InChI is InChI=1S/4C7H15O.Si/c4*1-6(8)5-7(2,3)4;/h4*6H,5H2,1-4H3;/q4*-1;+4. The van der Waals surface area contributed by atoms with Crippen LogP contribution < -0.4 is 20.4 Å². The molecule has 0 rings (SSSR count). The minimum absolute atomic E-state index is 0. The number of rotatable bonds is 4. The van der Waals surface area contributed by atoms with Crippen LogP contribution in [0.2, 0.25) is 0 Å². The molecule has 0 bridgehead atoms. The molecular formula is C28H60O4Si. The third-order valence-electron chi connectivity index (χ3n) is 3.60. The van der Waals surface area contributed by atoms with E-state index in [2.05, 4.69) is 83.1 Å². The molecule has 0 aromatic heterocycles. The number of hydrogen-bond acceptors (Lipinski definition) is 4. The molecule has 0 saturated heterocycles. The molecule has 0 spiro atoms. The van der Waals surface area contributed by atoms with Gasteiger partial charge in [-0.15, -0.1) is 24.4 Å². The van der Waals surface area contributed by atoms with E-state index >= 15 is 0 Å². The molecule has 0 amide bonds. The van der Waals surface area contributed by atoms with Gasteiger partial charge in [0.2, 0.25) is 0 Å². The first-order chi connectivity index (χ1) is 13.7. The second-order valence-electron chi connectivity index (χ2n) is 14.3. The molecule has 0 saturated carbocycles. The Balaban J connectivity index is -0.000000105. The van der Waals surface area contributed by atoms with Crippen molar-refractivity contribution in [3.05, 3.63) is 0 Å². The van der Waals surface area contributed by atoms with Crippen molar-refractivity contribution in [2.45, 2.75) is 161 Å². The van der Waals surface area contributed by atoms with Crippen molar-refractivity contribution in [1.29, 1.82) is 0 Å². The first kappa shape index (κ1) is 43.2. The quantitative estimate of drug-likeness (QED) is 0.551. The van der Waals surface area contributed by atoms with Gasteiger partial charge in [0, 0.05) is 0 Å². The van der Waals surface area contributed by atoms with Gasteiger partial charge in [0.15, 0.2) is 0 Å². The molecule has 0 fully saturated rings. The summed E-state index contributed by atoms with van der Waals surface area (Å²) < 4.78 is 0. The maximum atomic E-state index is 10.5. The van der Waals surface area contributed by atoms with E-state index in [1.165, 1.54) is 0 Å². The predicted octanol–water partition coefficient (Wildman–Crippen LogP) is 4.30. The summed E-state index contributed by atoms with van der Waals surface area (Å²) >= 11 is 0. The van der Waals surface area contributed by atoms with Crippen LogP contribution in [0.15, 0.2) is 0 Å². The summed E-state index contributed by atoms with van der Waals surface area (Å²) in [6, 6.07) is 0. The van der Waals surface area contributed by atoms with Crippen LogP contribution in [0.4, 0.5) is 0 Å². The van der Waals surface area contributed by atoms with Gasteiger partial charge in [0.05, 0.1) is 0 Å². The summed E-state index contributed by atoms with van der Waals surface area (Å²) in [4.78, 5) is 0. The Morgan fingerprint density at radius 2 is 0.455 bits per heavy atom. The molecule has 4 nitrogen and oxygen atoms in total. The first-order valence-electron chi connectivity index (χ1n) is 12.3. The molecule has 0 heterocycles. The van der Waals surface area contributed by atoms with E-state index in [4.69, 9.17) is 0 Å². The molecule has 0 aromatic carbocycles. The van der Waals surface area contributed by atoms with Gasteiger partial charge in [-0.1, -0.05) is 136 Å². The molecule has 5 heteroatoms. The van der Waals surface area contributed by atoms with Crippen molar-refractivity contribution in [3.63, 3.8) is 0 Å². The Kier molecular flexibility index (Phi) is 25.2. The molecule has 0 N–H and O–H groups in total. The maximum Gasteiger partial charge on any atom is 4.00 e. The summed E-state index contributed by atoms with van der Waals surface area (Å²) in [5.41, 5.74) is 0.838. The topological polar surface area (TPSA) is 92.2 Å². The average Bonchev–Trinajstić information content (AvgIpc) is 2.26. The minimum Gasteiger partial charge on any atom is -0.852 e. The Hall–Kier alpha value is 0.0569. The summed E-state index contributed by atoms with van der Waals surface area (Å²) in [6.45, 7) is 31.9. The Morgan fingerprint density at radius 3 is 0.455 bits per heavy atom. The fraction of sp³-hybridized carbons (Fsp3) is 1.00. The van der Waals surface area contributed by atoms with Crippen LogP contribution in [0.3, 0.4) is 0 Å². The number of hydrogen-bond donors (Lipinski definition) is 0. The van der Waals surface area contributed by atoms with E-state index in [1.807, 2.05) is 0 Å². The van der Waals surface area contributed by atoms with E-state index in [9.17, 15) is 20.4 Å². The molecule has 200 valence electrons. The van der Waals surface area contributed by atoms with Crippen molar-refractivity contribution in [3.8, 4) is 0 Å². The SMILES string of the molecule is CC([O-])CC(C)(C)C.CC([O-])CC(C)(C)C.CC([O-])CC(C)(C)C.CC([O-])CC(C)(C)C.[Si+4]. The average molecular weight is 489 g/mol. The van der Waals surface area contributed by atoms with Gasteiger partial charge in [-0.05, 0) is 21.7 Å². The van der Waals surface area contributed by atoms with Crippen molar-refractivity contribution in [2.24, 2.45) is 21.7 Å². The smallest absolute Gasteiger partial charge is 0.852 e. The predicted molar refractivity (Wildman–Crippen MR) is 140 cm³/mol. The molecule has 0 aliphatic heterocycles.